The molecule has 0 fully saturated rings. The van der Waals surface area contributed by atoms with Crippen molar-refractivity contribution in [2.45, 2.75) is 0 Å². The van der Waals surface area contributed by atoms with Crippen LogP contribution in [-0.2, 0) is 9.59 Å². The molecule has 2 rings (SSSR count). The molecule has 1 aromatic carbocycles. The van der Waals surface area contributed by atoms with Gasteiger partial charge in [0.1, 0.15) is 5.82 Å². The van der Waals surface area contributed by atoms with Crippen LogP contribution in [0.3, 0.4) is 0 Å². The summed E-state index contributed by atoms with van der Waals surface area (Å²) in [5.41, 5.74) is 11.3. The number of nitrogens with two attached hydrogens (primary N) is 2. The number of nitrogens with zero attached hydrogens (tertiary/aromatic N) is 3. The fourth-order valence-corrected chi connectivity index (χ4v) is 2.01. The SMILES string of the molecule is N#Cc1cc(N(CC(N)=O)CC(N)=O)nc2ccccc12. The van der Waals surface area contributed by atoms with Crippen molar-refractivity contribution < 1.29 is 9.59 Å². The van der Waals surface area contributed by atoms with E-state index in [9.17, 15) is 14.9 Å². The molecule has 21 heavy (non-hydrogen) atoms. The van der Waals surface area contributed by atoms with Crippen LogP contribution >= 0.6 is 0 Å². The Hall–Kier alpha value is -3.14. The molecule has 0 bridgehead atoms. The highest BCUT2D eigenvalue weighted by atomic mass is 16.2. The van der Waals surface area contributed by atoms with Gasteiger partial charge < -0.3 is 16.4 Å². The maximum Gasteiger partial charge on any atom is 0.237 e. The summed E-state index contributed by atoms with van der Waals surface area (Å²) in [6.07, 6.45) is 0. The molecule has 0 radical (unpaired) electrons. The molecule has 2 aromatic rings. The van der Waals surface area contributed by atoms with E-state index in [-0.39, 0.29) is 13.1 Å². The summed E-state index contributed by atoms with van der Waals surface area (Å²) >= 11 is 0. The van der Waals surface area contributed by atoms with Crippen molar-refractivity contribution in [3.05, 3.63) is 35.9 Å². The van der Waals surface area contributed by atoms with Gasteiger partial charge in [0.15, 0.2) is 0 Å². The van der Waals surface area contributed by atoms with Gasteiger partial charge in [0, 0.05) is 5.39 Å². The second kappa shape index (κ2) is 5.88. The molecule has 0 aliphatic heterocycles. The lowest BCUT2D eigenvalue weighted by molar-refractivity contribution is -0.117. The van der Waals surface area contributed by atoms with E-state index in [1.54, 1.807) is 24.3 Å². The summed E-state index contributed by atoms with van der Waals surface area (Å²) in [5, 5.41) is 9.92. The van der Waals surface area contributed by atoms with E-state index < -0.39 is 11.8 Å². The van der Waals surface area contributed by atoms with Crippen molar-refractivity contribution in [1.29, 1.82) is 5.26 Å². The molecule has 1 aromatic heterocycles. The van der Waals surface area contributed by atoms with Crippen LogP contribution < -0.4 is 16.4 Å². The smallest absolute Gasteiger partial charge is 0.237 e. The number of para-hydroxylation sites is 1. The van der Waals surface area contributed by atoms with Crippen LogP contribution in [0.25, 0.3) is 10.9 Å². The number of benzene rings is 1. The second-order valence-electron chi connectivity index (χ2n) is 4.45. The van der Waals surface area contributed by atoms with Crippen LogP contribution in [-0.4, -0.2) is 29.9 Å². The molecule has 0 saturated heterocycles. The molecule has 0 spiro atoms. The topological polar surface area (TPSA) is 126 Å². The first-order chi connectivity index (χ1) is 10.0. The van der Waals surface area contributed by atoms with Crippen LogP contribution in [0.4, 0.5) is 5.82 Å². The summed E-state index contributed by atoms with van der Waals surface area (Å²) in [6.45, 7) is -0.418. The van der Waals surface area contributed by atoms with Crippen LogP contribution in [0, 0.1) is 11.3 Å². The number of pyridine rings is 1. The fourth-order valence-electron chi connectivity index (χ4n) is 2.01. The number of carbonyl (C=O) groups excluding carboxylic acids is 2. The highest BCUT2D eigenvalue weighted by Crippen LogP contribution is 2.22. The Kier molecular flexibility index (Phi) is 4.00. The van der Waals surface area contributed by atoms with Crippen LogP contribution in [0.15, 0.2) is 30.3 Å². The third-order valence-electron chi connectivity index (χ3n) is 2.84. The first-order valence-electron chi connectivity index (χ1n) is 6.12. The molecular formula is C14H13N5O2. The van der Waals surface area contributed by atoms with Gasteiger partial charge in [0.05, 0.1) is 30.2 Å². The van der Waals surface area contributed by atoms with Gasteiger partial charge in [-0.2, -0.15) is 5.26 Å². The van der Waals surface area contributed by atoms with Crippen molar-refractivity contribution in [3.8, 4) is 6.07 Å². The number of nitriles is 1. The summed E-state index contributed by atoms with van der Waals surface area (Å²) in [7, 11) is 0. The molecule has 0 unspecified atom stereocenters. The maximum atomic E-state index is 11.1. The van der Waals surface area contributed by atoms with Gasteiger partial charge in [-0.05, 0) is 12.1 Å². The van der Waals surface area contributed by atoms with Gasteiger partial charge >= 0.3 is 0 Å². The monoisotopic (exact) mass is 283 g/mol. The van der Waals surface area contributed by atoms with E-state index in [4.69, 9.17) is 11.5 Å². The first-order valence-corrected chi connectivity index (χ1v) is 6.12. The van der Waals surface area contributed by atoms with Gasteiger partial charge in [0.25, 0.3) is 0 Å². The molecule has 7 nitrogen and oxygen atoms in total. The quantitative estimate of drug-likeness (QED) is 0.791. The Morgan fingerprint density at radius 1 is 1.19 bits per heavy atom. The minimum atomic E-state index is -0.621. The van der Waals surface area contributed by atoms with Crippen LogP contribution in [0.1, 0.15) is 5.56 Å². The third kappa shape index (κ3) is 3.25. The highest BCUT2D eigenvalue weighted by Gasteiger charge is 2.15. The normalized spacial score (nSPS) is 10.0. The average molecular weight is 283 g/mol. The largest absolute Gasteiger partial charge is 0.368 e. The molecule has 0 atom stereocenters. The highest BCUT2D eigenvalue weighted by molar-refractivity contribution is 5.89. The predicted molar refractivity (Wildman–Crippen MR) is 77.1 cm³/mol. The molecule has 1 heterocycles. The summed E-state index contributed by atoms with van der Waals surface area (Å²) in [5.74, 6) is -0.933. The van der Waals surface area contributed by atoms with Crippen LogP contribution in [0.5, 0.6) is 0 Å². The molecular weight excluding hydrogens is 270 g/mol. The lowest BCUT2D eigenvalue weighted by Gasteiger charge is -2.21. The Morgan fingerprint density at radius 3 is 2.38 bits per heavy atom. The fraction of sp³-hybridized carbons (Fsp3) is 0.143. The molecule has 2 amide bonds. The predicted octanol–water partition coefficient (Wildman–Crippen LogP) is -0.117. The summed E-state index contributed by atoms with van der Waals surface area (Å²) in [6, 6.07) is 10.7. The van der Waals surface area contributed by atoms with Crippen LogP contribution in [0.2, 0.25) is 0 Å². The second-order valence-corrected chi connectivity index (χ2v) is 4.45. The number of anilines is 1. The van der Waals surface area contributed by atoms with Gasteiger partial charge in [0.2, 0.25) is 11.8 Å². The summed E-state index contributed by atoms with van der Waals surface area (Å²) in [4.78, 5) is 27.9. The molecule has 106 valence electrons. The zero-order chi connectivity index (χ0) is 15.4. The van der Waals surface area contributed by atoms with E-state index >= 15 is 0 Å². The summed E-state index contributed by atoms with van der Waals surface area (Å²) < 4.78 is 0. The molecule has 4 N–H and O–H groups in total. The molecule has 0 aliphatic rings. The first kappa shape index (κ1) is 14.3. The Bertz CT molecular complexity index is 735. The van der Waals surface area contributed by atoms with E-state index in [0.717, 1.165) is 0 Å². The van der Waals surface area contributed by atoms with Crippen molar-refractivity contribution in [2.75, 3.05) is 18.0 Å². The molecule has 0 saturated carbocycles. The average Bonchev–Trinajstić information content (AvgIpc) is 2.44. The zero-order valence-corrected chi connectivity index (χ0v) is 11.1. The number of hydrogen-bond acceptors (Lipinski definition) is 5. The number of aromatic nitrogens is 1. The van der Waals surface area contributed by atoms with Gasteiger partial charge in [-0.1, -0.05) is 18.2 Å². The molecule has 0 aliphatic carbocycles. The third-order valence-corrected chi connectivity index (χ3v) is 2.84. The van der Waals surface area contributed by atoms with E-state index in [1.807, 2.05) is 0 Å². The van der Waals surface area contributed by atoms with Crippen molar-refractivity contribution >= 4 is 28.5 Å². The Balaban J connectivity index is 2.54. The van der Waals surface area contributed by atoms with Gasteiger partial charge in [-0.3, -0.25) is 9.59 Å². The lowest BCUT2D eigenvalue weighted by Crippen LogP contribution is -2.40. The number of rotatable bonds is 5. The minimum Gasteiger partial charge on any atom is -0.368 e. The number of carbonyl (C=O) groups is 2. The lowest BCUT2D eigenvalue weighted by atomic mass is 10.1. The number of fused-ring (bicyclic) bond motifs is 1. The van der Waals surface area contributed by atoms with E-state index in [0.29, 0.717) is 22.3 Å². The van der Waals surface area contributed by atoms with Gasteiger partial charge in [-0.15, -0.1) is 0 Å². The number of primary amides is 2. The number of hydrogen-bond donors (Lipinski definition) is 2. The van der Waals surface area contributed by atoms with Crippen molar-refractivity contribution in [1.82, 2.24) is 4.98 Å². The zero-order valence-electron chi connectivity index (χ0n) is 11.1. The van der Waals surface area contributed by atoms with E-state index in [1.165, 1.54) is 11.0 Å². The van der Waals surface area contributed by atoms with Crippen molar-refractivity contribution in [2.24, 2.45) is 11.5 Å². The Labute approximate surface area is 120 Å². The standard InChI is InChI=1S/C14H13N5O2/c15-6-9-5-14(18-11-4-2-1-3-10(9)11)19(7-12(16)20)8-13(17)21/h1-5H,7-8H2,(H2,16,20)(H2,17,21). The number of amides is 2. The van der Waals surface area contributed by atoms with E-state index in [2.05, 4.69) is 11.1 Å². The maximum absolute atomic E-state index is 11.1. The Morgan fingerprint density at radius 2 is 1.81 bits per heavy atom. The van der Waals surface area contributed by atoms with Gasteiger partial charge in [-0.25, -0.2) is 4.98 Å². The molecule has 7 heteroatoms. The van der Waals surface area contributed by atoms with Crippen molar-refractivity contribution in [3.63, 3.8) is 0 Å². The minimum absolute atomic E-state index is 0.209.